The van der Waals surface area contributed by atoms with Crippen LogP contribution in [0.1, 0.15) is 30.9 Å². The van der Waals surface area contributed by atoms with Crippen molar-refractivity contribution in [3.63, 3.8) is 0 Å². The van der Waals surface area contributed by atoms with E-state index in [1.54, 1.807) is 6.20 Å². The molecule has 0 bridgehead atoms. The second-order valence-electron chi connectivity index (χ2n) is 5.65. The summed E-state index contributed by atoms with van der Waals surface area (Å²) < 4.78 is 6.09. The largest absolute Gasteiger partial charge is 0.489 e. The average Bonchev–Trinajstić information content (AvgIpc) is 2.59. The number of rotatable bonds is 6. The van der Waals surface area contributed by atoms with Crippen molar-refractivity contribution in [2.45, 2.75) is 32.8 Å². The molecule has 1 heterocycles. The summed E-state index contributed by atoms with van der Waals surface area (Å²) in [6, 6.07) is 16.2. The summed E-state index contributed by atoms with van der Waals surface area (Å²) >= 11 is 6.31. The normalized spacial score (nSPS) is 10.4. The lowest BCUT2D eigenvalue weighted by Gasteiger charge is -2.13. The van der Waals surface area contributed by atoms with Crippen LogP contribution >= 0.6 is 24.0 Å². The van der Waals surface area contributed by atoms with Gasteiger partial charge in [-0.05, 0) is 36.1 Å². The Balaban J connectivity index is 0.00000208. The first-order valence-corrected chi connectivity index (χ1v) is 8.39. The molecular weight excluding hydrogens is 341 g/mol. The molecule has 0 spiro atoms. The number of aryl methyl sites for hydroxylation is 1. The number of aromatic nitrogens is 1. The third-order valence-electron chi connectivity index (χ3n) is 3.91. The maximum absolute atomic E-state index is 6.31. The van der Waals surface area contributed by atoms with E-state index in [2.05, 4.69) is 30.1 Å². The first kappa shape index (κ1) is 18.6. The molecule has 0 atom stereocenters. The molecule has 0 unspecified atom stereocenters. The van der Waals surface area contributed by atoms with Crippen molar-refractivity contribution >= 4 is 34.9 Å². The van der Waals surface area contributed by atoms with Crippen molar-refractivity contribution in [2.75, 3.05) is 0 Å². The minimum atomic E-state index is 0. The summed E-state index contributed by atoms with van der Waals surface area (Å²) in [7, 11) is 0. The maximum atomic E-state index is 6.31. The summed E-state index contributed by atoms with van der Waals surface area (Å²) in [6.45, 7) is 2.76. The molecule has 24 heavy (non-hydrogen) atoms. The lowest BCUT2D eigenvalue weighted by molar-refractivity contribution is 0.303. The van der Waals surface area contributed by atoms with Crippen LogP contribution in [0.2, 0.25) is 5.02 Å². The highest BCUT2D eigenvalue weighted by Crippen LogP contribution is 2.30. The van der Waals surface area contributed by atoms with E-state index in [-0.39, 0.29) is 12.4 Å². The Labute approximate surface area is 154 Å². The van der Waals surface area contributed by atoms with E-state index >= 15 is 0 Å². The van der Waals surface area contributed by atoms with Gasteiger partial charge >= 0.3 is 0 Å². The average molecular weight is 362 g/mol. The van der Waals surface area contributed by atoms with Gasteiger partial charge in [0.25, 0.3) is 0 Å². The summed E-state index contributed by atoms with van der Waals surface area (Å²) in [5, 5.41) is 1.73. The summed E-state index contributed by atoms with van der Waals surface area (Å²) in [5.74, 6) is 0.907. The van der Waals surface area contributed by atoms with Crippen LogP contribution in [-0.4, -0.2) is 4.98 Å². The molecule has 0 fully saturated rings. The fourth-order valence-electron chi connectivity index (χ4n) is 2.62. The van der Waals surface area contributed by atoms with Crippen LogP contribution in [0.3, 0.4) is 0 Å². The van der Waals surface area contributed by atoms with Gasteiger partial charge in [0.1, 0.15) is 12.4 Å². The molecule has 0 aliphatic heterocycles. The molecular formula is C20H21Cl2NO. The van der Waals surface area contributed by atoms with E-state index in [1.807, 2.05) is 30.3 Å². The molecule has 0 radical (unpaired) electrons. The van der Waals surface area contributed by atoms with Crippen molar-refractivity contribution in [3.05, 3.63) is 70.9 Å². The van der Waals surface area contributed by atoms with Crippen LogP contribution in [0.15, 0.2) is 54.7 Å². The molecule has 0 amide bonds. The van der Waals surface area contributed by atoms with Crippen LogP contribution in [0.5, 0.6) is 5.75 Å². The molecule has 4 heteroatoms. The highest BCUT2D eigenvalue weighted by molar-refractivity contribution is 6.35. The van der Waals surface area contributed by atoms with E-state index in [0.29, 0.717) is 6.61 Å². The summed E-state index contributed by atoms with van der Waals surface area (Å²) in [4.78, 5) is 4.41. The topological polar surface area (TPSA) is 22.1 Å². The van der Waals surface area contributed by atoms with E-state index in [9.17, 15) is 0 Å². The Kier molecular flexibility index (Phi) is 6.89. The minimum Gasteiger partial charge on any atom is -0.489 e. The number of halogens is 2. The molecule has 2 aromatic carbocycles. The van der Waals surface area contributed by atoms with Crippen LogP contribution in [0.4, 0.5) is 0 Å². The van der Waals surface area contributed by atoms with Gasteiger partial charge in [0, 0.05) is 17.6 Å². The SMILES string of the molecule is CCCCc1cc2c(Cl)ccnc2cc1OCc1ccccc1.Cl. The fraction of sp³-hybridized carbons (Fsp3) is 0.250. The number of fused-ring (bicyclic) bond motifs is 1. The van der Waals surface area contributed by atoms with Gasteiger partial charge in [0.2, 0.25) is 0 Å². The van der Waals surface area contributed by atoms with Crippen LogP contribution in [0, 0.1) is 0 Å². The van der Waals surface area contributed by atoms with Crippen LogP contribution < -0.4 is 4.74 Å². The molecule has 0 aliphatic carbocycles. The van der Waals surface area contributed by atoms with E-state index in [0.717, 1.165) is 46.5 Å². The molecule has 3 rings (SSSR count). The van der Waals surface area contributed by atoms with Crippen molar-refractivity contribution < 1.29 is 4.74 Å². The number of pyridine rings is 1. The van der Waals surface area contributed by atoms with Crippen molar-refractivity contribution in [1.29, 1.82) is 0 Å². The molecule has 0 N–H and O–H groups in total. The first-order chi connectivity index (χ1) is 11.3. The van der Waals surface area contributed by atoms with Gasteiger partial charge in [-0.1, -0.05) is 55.3 Å². The number of hydrogen-bond donors (Lipinski definition) is 0. The Morgan fingerprint density at radius 2 is 1.88 bits per heavy atom. The number of ether oxygens (including phenoxy) is 1. The monoisotopic (exact) mass is 361 g/mol. The lowest BCUT2D eigenvalue weighted by atomic mass is 10.0. The Hall–Kier alpha value is -1.77. The molecule has 3 aromatic rings. The zero-order chi connectivity index (χ0) is 16.1. The zero-order valence-corrected chi connectivity index (χ0v) is 15.2. The smallest absolute Gasteiger partial charge is 0.125 e. The molecule has 1 aromatic heterocycles. The standard InChI is InChI=1S/C20H20ClNO.ClH/c1-2-3-9-16-12-17-18(21)10-11-22-19(17)13-20(16)23-14-15-7-5-4-6-8-15;/h4-8,10-13H,2-3,9,14H2,1H3;1H. The van der Waals surface area contributed by atoms with Crippen LogP contribution in [-0.2, 0) is 13.0 Å². The maximum Gasteiger partial charge on any atom is 0.125 e. The highest BCUT2D eigenvalue weighted by atomic mass is 35.5. The Bertz CT molecular complexity index is 790. The minimum absolute atomic E-state index is 0. The van der Waals surface area contributed by atoms with E-state index in [1.165, 1.54) is 5.56 Å². The predicted molar refractivity (Wildman–Crippen MR) is 103 cm³/mol. The highest BCUT2D eigenvalue weighted by Gasteiger charge is 2.09. The van der Waals surface area contributed by atoms with Crippen molar-refractivity contribution in [1.82, 2.24) is 4.98 Å². The molecule has 126 valence electrons. The quantitative estimate of drug-likeness (QED) is 0.518. The van der Waals surface area contributed by atoms with Gasteiger partial charge < -0.3 is 4.74 Å². The summed E-state index contributed by atoms with van der Waals surface area (Å²) in [6.07, 6.45) is 5.00. The van der Waals surface area contributed by atoms with Gasteiger partial charge in [-0.25, -0.2) is 0 Å². The number of hydrogen-bond acceptors (Lipinski definition) is 2. The van der Waals surface area contributed by atoms with E-state index < -0.39 is 0 Å². The van der Waals surface area contributed by atoms with Gasteiger partial charge in [-0.15, -0.1) is 12.4 Å². The zero-order valence-electron chi connectivity index (χ0n) is 13.7. The van der Waals surface area contributed by atoms with Gasteiger partial charge in [0.15, 0.2) is 0 Å². The second-order valence-corrected chi connectivity index (χ2v) is 6.05. The number of benzene rings is 2. The predicted octanol–water partition coefficient (Wildman–Crippen LogP) is 6.23. The van der Waals surface area contributed by atoms with Crippen LogP contribution in [0.25, 0.3) is 10.9 Å². The molecule has 0 aliphatic rings. The van der Waals surface area contributed by atoms with Gasteiger partial charge in [-0.2, -0.15) is 0 Å². The number of nitrogens with zero attached hydrogens (tertiary/aromatic N) is 1. The fourth-order valence-corrected chi connectivity index (χ4v) is 2.82. The first-order valence-electron chi connectivity index (χ1n) is 8.02. The van der Waals surface area contributed by atoms with Crippen molar-refractivity contribution in [2.24, 2.45) is 0 Å². The second kappa shape index (κ2) is 8.91. The Morgan fingerprint density at radius 3 is 2.62 bits per heavy atom. The van der Waals surface area contributed by atoms with E-state index in [4.69, 9.17) is 16.3 Å². The lowest BCUT2D eigenvalue weighted by Crippen LogP contribution is -1.99. The molecule has 0 saturated heterocycles. The third-order valence-corrected chi connectivity index (χ3v) is 4.24. The van der Waals surface area contributed by atoms with Gasteiger partial charge in [0.05, 0.1) is 10.5 Å². The Morgan fingerprint density at radius 1 is 1.08 bits per heavy atom. The molecule has 0 saturated carbocycles. The third kappa shape index (κ3) is 4.40. The summed E-state index contributed by atoms with van der Waals surface area (Å²) in [5.41, 5.74) is 3.24. The van der Waals surface area contributed by atoms with Crippen molar-refractivity contribution in [3.8, 4) is 5.75 Å². The molecule has 2 nitrogen and oxygen atoms in total. The van der Waals surface area contributed by atoms with Gasteiger partial charge in [-0.3, -0.25) is 4.98 Å². The number of unbranched alkanes of at least 4 members (excludes halogenated alkanes) is 1.